The molecule has 1 heterocycles. The first-order valence-electron chi connectivity index (χ1n) is 9.44. The summed E-state index contributed by atoms with van der Waals surface area (Å²) in [6.07, 6.45) is 1.86. The van der Waals surface area contributed by atoms with Gasteiger partial charge >= 0.3 is 0 Å². The maximum Gasteiger partial charge on any atom is 0.223 e. The molecule has 0 atom stereocenters. The third kappa shape index (κ3) is 5.60. The van der Waals surface area contributed by atoms with Crippen LogP contribution in [0.15, 0.2) is 54.6 Å². The Balaban J connectivity index is 1.33. The number of amides is 1. The summed E-state index contributed by atoms with van der Waals surface area (Å²) >= 11 is 0. The monoisotopic (exact) mass is 352 g/mol. The Labute approximate surface area is 156 Å². The summed E-state index contributed by atoms with van der Waals surface area (Å²) in [6.45, 7) is 6.02. The molecule has 2 aromatic carbocycles. The molecule has 138 valence electrons. The van der Waals surface area contributed by atoms with Gasteiger partial charge in [-0.15, -0.1) is 0 Å². The molecule has 1 N–H and O–H groups in total. The highest BCUT2D eigenvalue weighted by Gasteiger charge is 2.24. The van der Waals surface area contributed by atoms with Gasteiger partial charge in [-0.3, -0.25) is 9.69 Å². The number of ether oxygens (including phenoxy) is 1. The fourth-order valence-corrected chi connectivity index (χ4v) is 3.39. The van der Waals surface area contributed by atoms with Crippen molar-refractivity contribution in [2.24, 2.45) is 5.92 Å². The predicted octanol–water partition coefficient (Wildman–Crippen LogP) is 3.40. The maximum absolute atomic E-state index is 12.3. The van der Waals surface area contributed by atoms with Crippen molar-refractivity contribution >= 4 is 5.91 Å². The number of carbonyl (C=O) groups is 1. The van der Waals surface area contributed by atoms with Gasteiger partial charge in [0.1, 0.15) is 12.4 Å². The van der Waals surface area contributed by atoms with E-state index in [1.54, 1.807) is 0 Å². The number of hydrogen-bond acceptors (Lipinski definition) is 3. The molecule has 3 rings (SSSR count). The Morgan fingerprint density at radius 3 is 2.62 bits per heavy atom. The number of nitrogens with zero attached hydrogens (tertiary/aromatic N) is 1. The topological polar surface area (TPSA) is 41.6 Å². The van der Waals surface area contributed by atoms with E-state index in [1.165, 1.54) is 11.1 Å². The lowest BCUT2D eigenvalue weighted by molar-refractivity contribution is -0.126. The third-order valence-electron chi connectivity index (χ3n) is 4.87. The number of hydrogen-bond donors (Lipinski definition) is 1. The van der Waals surface area contributed by atoms with E-state index in [1.807, 2.05) is 37.3 Å². The van der Waals surface area contributed by atoms with E-state index in [-0.39, 0.29) is 11.8 Å². The largest absolute Gasteiger partial charge is 0.492 e. The molecule has 0 spiro atoms. The number of aryl methyl sites for hydroxylation is 1. The molecule has 1 aliphatic rings. The molecular formula is C22H28N2O2. The minimum Gasteiger partial charge on any atom is -0.492 e. The summed E-state index contributed by atoms with van der Waals surface area (Å²) in [5.74, 6) is 1.15. The smallest absolute Gasteiger partial charge is 0.223 e. The van der Waals surface area contributed by atoms with Crippen LogP contribution >= 0.6 is 0 Å². The Hall–Kier alpha value is -2.33. The van der Waals surface area contributed by atoms with Crippen molar-refractivity contribution in [2.45, 2.75) is 26.3 Å². The molecule has 1 aliphatic heterocycles. The molecule has 0 unspecified atom stereocenters. The van der Waals surface area contributed by atoms with Crippen LogP contribution in [-0.2, 0) is 11.3 Å². The van der Waals surface area contributed by atoms with E-state index >= 15 is 0 Å². The number of piperidine rings is 1. The van der Waals surface area contributed by atoms with E-state index in [9.17, 15) is 4.79 Å². The maximum atomic E-state index is 12.3. The lowest BCUT2D eigenvalue weighted by atomic mass is 9.95. The second-order valence-electron chi connectivity index (χ2n) is 6.99. The van der Waals surface area contributed by atoms with Crippen LogP contribution < -0.4 is 10.1 Å². The molecule has 0 radical (unpaired) electrons. The molecule has 0 bridgehead atoms. The fraction of sp³-hybridized carbons (Fsp3) is 0.409. The lowest BCUT2D eigenvalue weighted by Crippen LogP contribution is -2.41. The molecule has 26 heavy (non-hydrogen) atoms. The third-order valence-corrected chi connectivity index (χ3v) is 4.87. The van der Waals surface area contributed by atoms with Crippen LogP contribution in [0, 0.1) is 12.8 Å². The Morgan fingerprint density at radius 2 is 1.88 bits per heavy atom. The molecule has 1 saturated heterocycles. The van der Waals surface area contributed by atoms with Crippen molar-refractivity contribution in [3.63, 3.8) is 0 Å². The number of benzene rings is 2. The zero-order valence-corrected chi connectivity index (χ0v) is 15.5. The fourth-order valence-electron chi connectivity index (χ4n) is 3.39. The number of likely N-dealkylation sites (tertiary alicyclic amines) is 1. The standard InChI is InChI=1S/C22H28N2O2/c1-18-6-5-9-21(16-18)26-15-12-23-22(25)20-10-13-24(14-11-20)17-19-7-3-2-4-8-19/h2-9,16,20H,10-15,17H2,1H3,(H,23,25). The quantitative estimate of drug-likeness (QED) is 0.777. The van der Waals surface area contributed by atoms with Gasteiger partial charge in [0.25, 0.3) is 0 Å². The minimum atomic E-state index is 0.126. The van der Waals surface area contributed by atoms with Crippen molar-refractivity contribution in [1.29, 1.82) is 0 Å². The molecule has 0 aliphatic carbocycles. The number of rotatable bonds is 7. The molecule has 1 amide bonds. The average Bonchev–Trinajstić information content (AvgIpc) is 2.66. The summed E-state index contributed by atoms with van der Waals surface area (Å²) in [7, 11) is 0. The molecule has 2 aromatic rings. The summed E-state index contributed by atoms with van der Waals surface area (Å²) < 4.78 is 5.69. The van der Waals surface area contributed by atoms with Crippen LogP contribution in [0.25, 0.3) is 0 Å². The zero-order valence-electron chi connectivity index (χ0n) is 15.5. The summed E-state index contributed by atoms with van der Waals surface area (Å²) in [6, 6.07) is 18.5. The van der Waals surface area contributed by atoms with Crippen molar-refractivity contribution in [3.8, 4) is 5.75 Å². The van der Waals surface area contributed by atoms with Crippen molar-refractivity contribution in [1.82, 2.24) is 10.2 Å². The highest BCUT2D eigenvalue weighted by atomic mass is 16.5. The van der Waals surface area contributed by atoms with Gasteiger partial charge in [-0.1, -0.05) is 42.5 Å². The summed E-state index contributed by atoms with van der Waals surface area (Å²) in [5, 5.41) is 3.02. The zero-order chi connectivity index (χ0) is 18.2. The molecule has 4 nitrogen and oxygen atoms in total. The van der Waals surface area contributed by atoms with Crippen LogP contribution in [0.4, 0.5) is 0 Å². The molecule has 4 heteroatoms. The number of nitrogens with one attached hydrogen (secondary N) is 1. The van der Waals surface area contributed by atoms with Crippen molar-refractivity contribution in [3.05, 3.63) is 65.7 Å². The van der Waals surface area contributed by atoms with Crippen LogP contribution in [-0.4, -0.2) is 37.0 Å². The molecule has 0 saturated carbocycles. The van der Waals surface area contributed by atoms with Gasteiger partial charge in [0, 0.05) is 12.5 Å². The van der Waals surface area contributed by atoms with Gasteiger partial charge in [-0.2, -0.15) is 0 Å². The first-order valence-corrected chi connectivity index (χ1v) is 9.44. The van der Waals surface area contributed by atoms with Crippen LogP contribution in [0.1, 0.15) is 24.0 Å². The first-order chi connectivity index (χ1) is 12.7. The van der Waals surface area contributed by atoms with Gasteiger partial charge in [-0.05, 0) is 56.1 Å². The lowest BCUT2D eigenvalue weighted by Gasteiger charge is -2.31. The Morgan fingerprint density at radius 1 is 1.12 bits per heavy atom. The molecular weight excluding hydrogens is 324 g/mol. The Bertz CT molecular complexity index is 694. The minimum absolute atomic E-state index is 0.126. The highest BCUT2D eigenvalue weighted by Crippen LogP contribution is 2.19. The van der Waals surface area contributed by atoms with Crippen molar-refractivity contribution in [2.75, 3.05) is 26.2 Å². The van der Waals surface area contributed by atoms with Crippen LogP contribution in [0.2, 0.25) is 0 Å². The van der Waals surface area contributed by atoms with Crippen LogP contribution in [0.5, 0.6) is 5.75 Å². The molecule has 0 aromatic heterocycles. The average molecular weight is 352 g/mol. The first kappa shape index (κ1) is 18.5. The van der Waals surface area contributed by atoms with Gasteiger partial charge in [0.2, 0.25) is 5.91 Å². The Kier molecular flexibility index (Phi) is 6.67. The summed E-state index contributed by atoms with van der Waals surface area (Å²) in [5.41, 5.74) is 2.51. The van der Waals surface area contributed by atoms with Gasteiger partial charge in [0.15, 0.2) is 0 Å². The van der Waals surface area contributed by atoms with Gasteiger partial charge < -0.3 is 10.1 Å². The van der Waals surface area contributed by atoms with E-state index in [2.05, 4.69) is 34.5 Å². The van der Waals surface area contributed by atoms with Crippen LogP contribution in [0.3, 0.4) is 0 Å². The van der Waals surface area contributed by atoms with E-state index < -0.39 is 0 Å². The predicted molar refractivity (Wildman–Crippen MR) is 104 cm³/mol. The second-order valence-corrected chi connectivity index (χ2v) is 6.99. The van der Waals surface area contributed by atoms with Gasteiger partial charge in [0.05, 0.1) is 6.54 Å². The molecule has 1 fully saturated rings. The SMILES string of the molecule is Cc1cccc(OCCNC(=O)C2CCN(Cc3ccccc3)CC2)c1. The van der Waals surface area contributed by atoms with E-state index in [4.69, 9.17) is 4.74 Å². The van der Waals surface area contributed by atoms with Gasteiger partial charge in [-0.25, -0.2) is 0 Å². The highest BCUT2D eigenvalue weighted by molar-refractivity contribution is 5.78. The van der Waals surface area contributed by atoms with Crippen molar-refractivity contribution < 1.29 is 9.53 Å². The summed E-state index contributed by atoms with van der Waals surface area (Å²) in [4.78, 5) is 14.8. The van der Waals surface area contributed by atoms with E-state index in [0.717, 1.165) is 38.2 Å². The van der Waals surface area contributed by atoms with E-state index in [0.29, 0.717) is 13.2 Å². The normalized spacial score (nSPS) is 15.6. The number of carbonyl (C=O) groups excluding carboxylic acids is 1. The second kappa shape index (κ2) is 9.39.